The van der Waals surface area contributed by atoms with Crippen LogP contribution in [0, 0.1) is 5.92 Å². The van der Waals surface area contributed by atoms with Crippen LogP contribution in [0.4, 0.5) is 4.79 Å². The fourth-order valence-electron chi connectivity index (χ4n) is 3.53. The van der Waals surface area contributed by atoms with Crippen molar-refractivity contribution in [1.82, 2.24) is 15.6 Å². The van der Waals surface area contributed by atoms with Crippen molar-refractivity contribution < 1.29 is 19.1 Å². The molecule has 1 aromatic heterocycles. The Kier molecular flexibility index (Phi) is 6.11. The van der Waals surface area contributed by atoms with Gasteiger partial charge in [0.2, 0.25) is 0 Å². The van der Waals surface area contributed by atoms with Gasteiger partial charge in [0, 0.05) is 23.1 Å². The molecule has 144 valence electrons. The number of para-hydroxylation sites is 1. The molecule has 1 fully saturated rings. The number of aromatic nitrogens is 1. The Morgan fingerprint density at radius 1 is 1.19 bits per heavy atom. The summed E-state index contributed by atoms with van der Waals surface area (Å²) in [6.07, 6.45) is 6.06. The molecule has 1 aliphatic rings. The van der Waals surface area contributed by atoms with E-state index in [1.165, 1.54) is 6.42 Å². The Morgan fingerprint density at radius 3 is 2.78 bits per heavy atom. The largest absolute Gasteiger partial charge is 0.455 e. The van der Waals surface area contributed by atoms with Crippen molar-refractivity contribution in [3.8, 4) is 0 Å². The Balaban J connectivity index is 1.42. The van der Waals surface area contributed by atoms with E-state index in [9.17, 15) is 14.4 Å². The van der Waals surface area contributed by atoms with Crippen molar-refractivity contribution >= 4 is 28.8 Å². The van der Waals surface area contributed by atoms with E-state index >= 15 is 0 Å². The molecule has 0 spiro atoms. The SMILES string of the molecule is C[C@@H]1CCCC[C@@H]1NC(=O)NC(=O)COC(=O)Cc1c[nH]c2ccccc12. The number of hydrogen-bond acceptors (Lipinski definition) is 4. The minimum atomic E-state index is -0.636. The van der Waals surface area contributed by atoms with Gasteiger partial charge in [-0.05, 0) is 30.4 Å². The molecule has 2 atom stereocenters. The summed E-state index contributed by atoms with van der Waals surface area (Å²) in [6.45, 7) is 1.62. The molecule has 0 saturated heterocycles. The zero-order valence-corrected chi connectivity index (χ0v) is 15.4. The summed E-state index contributed by atoms with van der Waals surface area (Å²) < 4.78 is 4.99. The van der Waals surface area contributed by atoms with Crippen LogP contribution < -0.4 is 10.6 Å². The third kappa shape index (κ3) is 5.09. The van der Waals surface area contributed by atoms with Gasteiger partial charge in [0.1, 0.15) is 0 Å². The maximum Gasteiger partial charge on any atom is 0.321 e. The van der Waals surface area contributed by atoms with Gasteiger partial charge >= 0.3 is 12.0 Å². The Bertz CT molecular complexity index is 829. The predicted molar refractivity (Wildman–Crippen MR) is 101 cm³/mol. The molecule has 27 heavy (non-hydrogen) atoms. The highest BCUT2D eigenvalue weighted by Gasteiger charge is 2.23. The highest BCUT2D eigenvalue weighted by molar-refractivity contribution is 5.96. The van der Waals surface area contributed by atoms with Gasteiger partial charge in [-0.2, -0.15) is 0 Å². The highest BCUT2D eigenvalue weighted by atomic mass is 16.5. The first-order valence-electron chi connectivity index (χ1n) is 9.34. The number of H-pyrrole nitrogens is 1. The summed E-state index contributed by atoms with van der Waals surface area (Å²) in [5, 5.41) is 5.99. The predicted octanol–water partition coefficient (Wildman–Crippen LogP) is 2.66. The summed E-state index contributed by atoms with van der Waals surface area (Å²) in [6, 6.07) is 7.18. The summed E-state index contributed by atoms with van der Waals surface area (Å²) in [5.41, 5.74) is 1.74. The van der Waals surface area contributed by atoms with Crippen LogP contribution in [0.5, 0.6) is 0 Å². The van der Waals surface area contributed by atoms with Crippen molar-refractivity contribution in [2.45, 2.75) is 45.1 Å². The summed E-state index contributed by atoms with van der Waals surface area (Å²) >= 11 is 0. The van der Waals surface area contributed by atoms with E-state index in [1.807, 2.05) is 24.3 Å². The number of hydrogen-bond donors (Lipinski definition) is 3. The van der Waals surface area contributed by atoms with Gasteiger partial charge in [-0.15, -0.1) is 0 Å². The molecule has 1 heterocycles. The van der Waals surface area contributed by atoms with Gasteiger partial charge < -0.3 is 15.0 Å². The Morgan fingerprint density at radius 2 is 1.96 bits per heavy atom. The van der Waals surface area contributed by atoms with Crippen LogP contribution in [-0.4, -0.2) is 35.5 Å². The second-order valence-electron chi connectivity index (χ2n) is 7.09. The van der Waals surface area contributed by atoms with E-state index in [2.05, 4.69) is 22.5 Å². The number of carbonyl (C=O) groups excluding carboxylic acids is 3. The van der Waals surface area contributed by atoms with E-state index in [0.29, 0.717) is 5.92 Å². The fourth-order valence-corrected chi connectivity index (χ4v) is 3.53. The summed E-state index contributed by atoms with van der Waals surface area (Å²) in [7, 11) is 0. The first kappa shape index (κ1) is 18.9. The number of amides is 3. The Labute approximate surface area is 157 Å². The van der Waals surface area contributed by atoms with Crippen LogP contribution in [-0.2, 0) is 20.7 Å². The third-order valence-electron chi connectivity index (χ3n) is 5.05. The van der Waals surface area contributed by atoms with Gasteiger partial charge in [0.25, 0.3) is 5.91 Å². The molecule has 3 N–H and O–H groups in total. The molecule has 1 aliphatic carbocycles. The molecule has 7 heteroatoms. The molecule has 0 aliphatic heterocycles. The van der Waals surface area contributed by atoms with Crippen molar-refractivity contribution in [2.24, 2.45) is 5.92 Å². The number of imide groups is 1. The van der Waals surface area contributed by atoms with Crippen molar-refractivity contribution in [1.29, 1.82) is 0 Å². The number of carbonyl (C=O) groups is 3. The molecular weight excluding hydrogens is 346 g/mol. The topological polar surface area (TPSA) is 100 Å². The molecule has 3 amide bonds. The average molecular weight is 371 g/mol. The minimum absolute atomic E-state index is 0.0586. The van der Waals surface area contributed by atoms with Crippen molar-refractivity contribution in [3.05, 3.63) is 36.0 Å². The summed E-state index contributed by atoms with van der Waals surface area (Å²) in [5.74, 6) is -0.756. The zero-order valence-electron chi connectivity index (χ0n) is 15.4. The van der Waals surface area contributed by atoms with Gasteiger partial charge in [0.15, 0.2) is 6.61 Å². The van der Waals surface area contributed by atoms with Gasteiger partial charge in [-0.25, -0.2) is 4.79 Å². The van der Waals surface area contributed by atoms with Crippen LogP contribution in [0.2, 0.25) is 0 Å². The van der Waals surface area contributed by atoms with Gasteiger partial charge in [-0.1, -0.05) is 38.0 Å². The van der Waals surface area contributed by atoms with Crippen molar-refractivity contribution in [2.75, 3.05) is 6.61 Å². The lowest BCUT2D eigenvalue weighted by atomic mass is 9.86. The lowest BCUT2D eigenvalue weighted by Gasteiger charge is -2.29. The summed E-state index contributed by atoms with van der Waals surface area (Å²) in [4.78, 5) is 38.8. The van der Waals surface area contributed by atoms with Crippen LogP contribution in [0.1, 0.15) is 38.2 Å². The van der Waals surface area contributed by atoms with Crippen molar-refractivity contribution in [3.63, 3.8) is 0 Å². The second kappa shape index (κ2) is 8.70. The molecule has 2 aromatic rings. The number of rotatable bonds is 5. The van der Waals surface area contributed by atoms with Gasteiger partial charge in [-0.3, -0.25) is 14.9 Å². The van der Waals surface area contributed by atoms with E-state index in [4.69, 9.17) is 4.74 Å². The number of esters is 1. The third-order valence-corrected chi connectivity index (χ3v) is 5.05. The van der Waals surface area contributed by atoms with Crippen LogP contribution in [0.3, 0.4) is 0 Å². The van der Waals surface area contributed by atoms with Crippen LogP contribution in [0.25, 0.3) is 10.9 Å². The lowest BCUT2D eigenvalue weighted by Crippen LogP contribution is -2.48. The molecule has 0 unspecified atom stereocenters. The van der Waals surface area contributed by atoms with Crippen LogP contribution >= 0.6 is 0 Å². The maximum absolute atomic E-state index is 12.0. The number of ether oxygens (including phenoxy) is 1. The number of aromatic amines is 1. The maximum atomic E-state index is 12.0. The quantitative estimate of drug-likeness (QED) is 0.704. The first-order chi connectivity index (χ1) is 13.0. The highest BCUT2D eigenvalue weighted by Crippen LogP contribution is 2.23. The first-order valence-corrected chi connectivity index (χ1v) is 9.34. The number of urea groups is 1. The fraction of sp³-hybridized carbons (Fsp3) is 0.450. The Hall–Kier alpha value is -2.83. The second-order valence-corrected chi connectivity index (χ2v) is 7.09. The van der Waals surface area contributed by atoms with E-state index in [-0.39, 0.29) is 12.5 Å². The van der Waals surface area contributed by atoms with E-state index in [0.717, 1.165) is 35.7 Å². The average Bonchev–Trinajstić information content (AvgIpc) is 3.05. The zero-order chi connectivity index (χ0) is 19.2. The van der Waals surface area contributed by atoms with E-state index in [1.54, 1.807) is 6.20 Å². The number of nitrogens with one attached hydrogen (secondary N) is 3. The molecule has 7 nitrogen and oxygen atoms in total. The van der Waals surface area contributed by atoms with Gasteiger partial charge in [0.05, 0.1) is 6.42 Å². The van der Waals surface area contributed by atoms with E-state index < -0.39 is 24.5 Å². The molecule has 0 radical (unpaired) electrons. The molecule has 1 saturated carbocycles. The molecule has 3 rings (SSSR count). The monoisotopic (exact) mass is 371 g/mol. The number of fused-ring (bicyclic) bond motifs is 1. The molecule has 1 aromatic carbocycles. The normalized spacial score (nSPS) is 19.4. The number of benzene rings is 1. The molecule has 0 bridgehead atoms. The minimum Gasteiger partial charge on any atom is -0.455 e. The van der Waals surface area contributed by atoms with Crippen LogP contribution in [0.15, 0.2) is 30.5 Å². The molecular formula is C20H25N3O4. The lowest BCUT2D eigenvalue weighted by molar-refractivity contribution is -0.147. The smallest absolute Gasteiger partial charge is 0.321 e. The standard InChI is InChI=1S/C20H25N3O4/c1-13-6-2-4-8-16(13)22-20(26)23-18(24)12-27-19(25)10-14-11-21-17-9-5-3-7-15(14)17/h3,5,7,9,11,13,16,21H,2,4,6,8,10,12H2,1H3,(H2,22,23,24,26)/t13-,16+/m1/s1.